The highest BCUT2D eigenvalue weighted by Crippen LogP contribution is 2.19. The molecule has 1 aromatic heterocycles. The summed E-state index contributed by atoms with van der Waals surface area (Å²) in [5, 5.41) is 9.58. The van der Waals surface area contributed by atoms with Crippen LogP contribution in [0.5, 0.6) is 0 Å². The minimum absolute atomic E-state index is 0.252. The smallest absolute Gasteiger partial charge is 0.258 e. The highest BCUT2D eigenvalue weighted by molar-refractivity contribution is 14.1. The normalized spacial score (nSPS) is 10.3. The summed E-state index contributed by atoms with van der Waals surface area (Å²) < 4.78 is 0.898. The standard InChI is InChI=1S/C10H8ClIN4O/c1-5-13-10(16-15-5)14-9(17)6-2-3-8(12)7(11)4-6/h2-4H,1H3,(H2,13,14,15,16,17). The molecule has 2 aromatic rings. The van der Waals surface area contributed by atoms with Crippen molar-refractivity contribution in [3.05, 3.63) is 38.2 Å². The number of nitrogens with zero attached hydrogens (tertiary/aromatic N) is 2. The van der Waals surface area contributed by atoms with Crippen molar-refractivity contribution in [2.24, 2.45) is 0 Å². The van der Waals surface area contributed by atoms with Crippen molar-refractivity contribution in [3.63, 3.8) is 0 Å². The molecule has 0 fully saturated rings. The van der Waals surface area contributed by atoms with E-state index in [0.717, 1.165) is 3.57 Å². The van der Waals surface area contributed by atoms with Crippen LogP contribution in [0.1, 0.15) is 16.2 Å². The van der Waals surface area contributed by atoms with Crippen molar-refractivity contribution in [1.29, 1.82) is 0 Å². The Morgan fingerprint density at radius 2 is 2.29 bits per heavy atom. The first kappa shape index (κ1) is 12.3. The van der Waals surface area contributed by atoms with Crippen LogP contribution in [-0.4, -0.2) is 21.1 Å². The molecule has 0 atom stereocenters. The number of aryl methyl sites for hydroxylation is 1. The largest absolute Gasteiger partial charge is 0.289 e. The predicted octanol–water partition coefficient (Wildman–Crippen LogP) is 2.62. The Balaban J connectivity index is 2.17. The number of hydrogen-bond donors (Lipinski definition) is 2. The summed E-state index contributed by atoms with van der Waals surface area (Å²) in [6.07, 6.45) is 0. The van der Waals surface area contributed by atoms with Gasteiger partial charge in [0.25, 0.3) is 5.91 Å². The molecule has 0 aliphatic heterocycles. The van der Waals surface area contributed by atoms with Gasteiger partial charge in [-0.1, -0.05) is 11.6 Å². The Bertz CT molecular complexity index is 569. The van der Waals surface area contributed by atoms with E-state index in [1.807, 2.05) is 0 Å². The van der Waals surface area contributed by atoms with E-state index in [0.29, 0.717) is 16.4 Å². The van der Waals surface area contributed by atoms with Crippen LogP contribution in [0.2, 0.25) is 5.02 Å². The Hall–Kier alpha value is -1.15. The van der Waals surface area contributed by atoms with E-state index in [2.05, 4.69) is 43.1 Å². The molecule has 0 saturated carbocycles. The molecule has 0 aliphatic carbocycles. The zero-order valence-electron chi connectivity index (χ0n) is 8.79. The Morgan fingerprint density at radius 1 is 1.53 bits per heavy atom. The molecule has 2 N–H and O–H groups in total. The van der Waals surface area contributed by atoms with Gasteiger partial charge in [0.15, 0.2) is 0 Å². The monoisotopic (exact) mass is 362 g/mol. The van der Waals surface area contributed by atoms with Crippen LogP contribution in [-0.2, 0) is 0 Å². The molecule has 2 rings (SSSR count). The molecule has 0 spiro atoms. The molecule has 7 heteroatoms. The van der Waals surface area contributed by atoms with Gasteiger partial charge in [-0.05, 0) is 47.7 Å². The molecule has 0 unspecified atom stereocenters. The second kappa shape index (κ2) is 5.01. The summed E-state index contributed by atoms with van der Waals surface area (Å²) in [6, 6.07) is 5.09. The second-order valence-corrected chi connectivity index (χ2v) is 4.90. The van der Waals surface area contributed by atoms with E-state index in [9.17, 15) is 4.79 Å². The average molecular weight is 363 g/mol. The highest BCUT2D eigenvalue weighted by Gasteiger charge is 2.10. The van der Waals surface area contributed by atoms with Gasteiger partial charge >= 0.3 is 0 Å². The van der Waals surface area contributed by atoms with Crippen molar-refractivity contribution in [2.75, 3.05) is 5.32 Å². The number of halogens is 2. The topological polar surface area (TPSA) is 70.7 Å². The summed E-state index contributed by atoms with van der Waals surface area (Å²) in [4.78, 5) is 15.8. The minimum Gasteiger partial charge on any atom is -0.289 e. The van der Waals surface area contributed by atoms with E-state index in [4.69, 9.17) is 11.6 Å². The van der Waals surface area contributed by atoms with Crippen LogP contribution >= 0.6 is 34.2 Å². The van der Waals surface area contributed by atoms with Crippen LogP contribution in [0, 0.1) is 10.5 Å². The third-order valence-electron chi connectivity index (χ3n) is 2.00. The number of benzene rings is 1. The van der Waals surface area contributed by atoms with Gasteiger partial charge in [-0.25, -0.2) is 0 Å². The third-order valence-corrected chi connectivity index (χ3v) is 3.58. The maximum Gasteiger partial charge on any atom is 0.258 e. The molecule has 88 valence electrons. The summed E-state index contributed by atoms with van der Waals surface area (Å²) >= 11 is 8.04. The number of carbonyl (C=O) groups is 1. The Morgan fingerprint density at radius 3 is 2.88 bits per heavy atom. The maximum absolute atomic E-state index is 11.8. The van der Waals surface area contributed by atoms with Crippen LogP contribution in [0.4, 0.5) is 5.95 Å². The molecule has 1 aromatic carbocycles. The number of nitrogens with one attached hydrogen (secondary N) is 2. The zero-order valence-corrected chi connectivity index (χ0v) is 11.7. The van der Waals surface area contributed by atoms with Gasteiger partial charge in [0.05, 0.1) is 5.02 Å². The number of carbonyl (C=O) groups excluding carboxylic acids is 1. The quantitative estimate of drug-likeness (QED) is 0.807. The lowest BCUT2D eigenvalue weighted by molar-refractivity contribution is 0.102. The molecule has 17 heavy (non-hydrogen) atoms. The first-order valence-corrected chi connectivity index (χ1v) is 6.17. The summed E-state index contributed by atoms with van der Waals surface area (Å²) in [5.74, 6) is 0.602. The van der Waals surface area contributed by atoms with Crippen molar-refractivity contribution in [1.82, 2.24) is 15.2 Å². The van der Waals surface area contributed by atoms with E-state index >= 15 is 0 Å². The number of amides is 1. The van der Waals surface area contributed by atoms with Crippen molar-refractivity contribution in [2.45, 2.75) is 6.92 Å². The predicted molar refractivity (Wildman–Crippen MR) is 73.2 cm³/mol. The summed E-state index contributed by atoms with van der Waals surface area (Å²) in [7, 11) is 0. The molecule has 0 saturated heterocycles. The zero-order chi connectivity index (χ0) is 12.4. The number of aromatic amines is 1. The number of aromatic nitrogens is 3. The van der Waals surface area contributed by atoms with Gasteiger partial charge in [-0.2, -0.15) is 4.98 Å². The van der Waals surface area contributed by atoms with Crippen LogP contribution < -0.4 is 5.32 Å². The lowest BCUT2D eigenvalue weighted by Gasteiger charge is -2.02. The Kier molecular flexibility index (Phi) is 3.63. The van der Waals surface area contributed by atoms with Gasteiger partial charge in [0, 0.05) is 9.13 Å². The molecule has 1 amide bonds. The van der Waals surface area contributed by atoms with Gasteiger partial charge in [0.2, 0.25) is 5.95 Å². The number of anilines is 1. The van der Waals surface area contributed by atoms with E-state index in [1.54, 1.807) is 25.1 Å². The van der Waals surface area contributed by atoms with Gasteiger partial charge < -0.3 is 0 Å². The highest BCUT2D eigenvalue weighted by atomic mass is 127. The molecule has 5 nitrogen and oxygen atoms in total. The van der Waals surface area contributed by atoms with Gasteiger partial charge in [-0.15, -0.1) is 5.10 Å². The molecular formula is C10H8ClIN4O. The summed E-state index contributed by atoms with van der Waals surface area (Å²) in [6.45, 7) is 1.75. The number of hydrogen-bond acceptors (Lipinski definition) is 3. The average Bonchev–Trinajstić information content (AvgIpc) is 2.68. The maximum atomic E-state index is 11.8. The second-order valence-electron chi connectivity index (χ2n) is 3.33. The third kappa shape index (κ3) is 2.95. The van der Waals surface area contributed by atoms with Crippen LogP contribution in [0.3, 0.4) is 0 Å². The molecular weight excluding hydrogens is 354 g/mol. The van der Waals surface area contributed by atoms with Crippen LogP contribution in [0.25, 0.3) is 0 Å². The SMILES string of the molecule is Cc1nc(NC(=O)c2ccc(I)c(Cl)c2)n[nH]1. The van der Waals surface area contributed by atoms with E-state index in [-0.39, 0.29) is 11.9 Å². The fourth-order valence-electron chi connectivity index (χ4n) is 1.21. The van der Waals surface area contributed by atoms with E-state index < -0.39 is 0 Å². The molecule has 0 radical (unpaired) electrons. The van der Waals surface area contributed by atoms with Crippen LogP contribution in [0.15, 0.2) is 18.2 Å². The molecule has 1 heterocycles. The first-order chi connectivity index (χ1) is 8.06. The Labute approximate surface area is 116 Å². The minimum atomic E-state index is -0.290. The molecule has 0 aliphatic rings. The van der Waals surface area contributed by atoms with Crippen molar-refractivity contribution in [3.8, 4) is 0 Å². The number of H-pyrrole nitrogens is 1. The summed E-state index contributed by atoms with van der Waals surface area (Å²) in [5.41, 5.74) is 0.470. The van der Waals surface area contributed by atoms with E-state index in [1.165, 1.54) is 0 Å². The molecule has 0 bridgehead atoms. The lowest BCUT2D eigenvalue weighted by atomic mass is 10.2. The van der Waals surface area contributed by atoms with Gasteiger partial charge in [-0.3, -0.25) is 15.2 Å². The first-order valence-electron chi connectivity index (χ1n) is 4.71. The fourth-order valence-corrected chi connectivity index (χ4v) is 1.73. The number of rotatable bonds is 2. The van der Waals surface area contributed by atoms with Gasteiger partial charge in [0.1, 0.15) is 5.82 Å². The van der Waals surface area contributed by atoms with Crippen molar-refractivity contribution < 1.29 is 4.79 Å². The lowest BCUT2D eigenvalue weighted by Crippen LogP contribution is -2.13. The van der Waals surface area contributed by atoms with Crippen molar-refractivity contribution >= 4 is 46.0 Å². The fraction of sp³-hybridized carbons (Fsp3) is 0.100.